The first kappa shape index (κ1) is 20.1. The predicted octanol–water partition coefficient (Wildman–Crippen LogP) is 3.42. The summed E-state index contributed by atoms with van der Waals surface area (Å²) in [6.45, 7) is 10.6. The van der Waals surface area contributed by atoms with E-state index in [-0.39, 0.29) is 6.61 Å². The van der Waals surface area contributed by atoms with Gasteiger partial charge in [0.25, 0.3) is 0 Å². The average molecular weight is 355 g/mol. The van der Waals surface area contributed by atoms with Crippen LogP contribution in [0.2, 0.25) is 0 Å². The quantitative estimate of drug-likeness (QED) is 0.737. The molecule has 0 aliphatic heterocycles. The Morgan fingerprint density at radius 3 is 2.12 bits per heavy atom. The second-order valence-electron chi connectivity index (χ2n) is 6.51. The highest BCUT2D eigenvalue weighted by Crippen LogP contribution is 2.35. The molecule has 140 valence electrons. The second kappa shape index (κ2) is 8.97. The highest BCUT2D eigenvalue weighted by Gasteiger charge is 2.43. The van der Waals surface area contributed by atoms with Gasteiger partial charge in [-0.05, 0) is 43.6 Å². The van der Waals surface area contributed by atoms with Gasteiger partial charge in [-0.3, -0.25) is 0 Å². The van der Waals surface area contributed by atoms with Crippen molar-refractivity contribution in [2.75, 3.05) is 26.2 Å². The van der Waals surface area contributed by atoms with Crippen LogP contribution in [0.15, 0.2) is 48.5 Å². The van der Waals surface area contributed by atoms with Crippen LogP contribution in [0.5, 0.6) is 0 Å². The number of likely N-dealkylation sites (N-methyl/N-ethyl adjacent to an activating group) is 1. The SMILES string of the molecule is CCN(CC)CCOC(=O)[C@](O)(c1ccccc1)c1c(C)cccc1C. The third-order valence-corrected chi connectivity index (χ3v) is 4.87. The van der Waals surface area contributed by atoms with Crippen LogP contribution in [0.3, 0.4) is 0 Å². The number of carbonyl (C=O) groups is 1. The number of aryl methyl sites for hydroxylation is 2. The van der Waals surface area contributed by atoms with Crippen molar-refractivity contribution in [1.82, 2.24) is 4.90 Å². The maximum Gasteiger partial charge on any atom is 0.347 e. The number of rotatable bonds is 8. The van der Waals surface area contributed by atoms with Crippen molar-refractivity contribution in [1.29, 1.82) is 0 Å². The van der Waals surface area contributed by atoms with E-state index in [1.807, 2.05) is 50.2 Å². The van der Waals surface area contributed by atoms with Crippen LogP contribution in [-0.2, 0) is 15.1 Å². The lowest BCUT2D eigenvalue weighted by molar-refractivity contribution is -0.162. The van der Waals surface area contributed by atoms with Crippen LogP contribution in [0.1, 0.15) is 36.1 Å². The fraction of sp³-hybridized carbons (Fsp3) is 0.409. The Kier molecular flexibility index (Phi) is 6.95. The zero-order chi connectivity index (χ0) is 19.2. The van der Waals surface area contributed by atoms with Crippen molar-refractivity contribution in [3.8, 4) is 0 Å². The normalized spacial score (nSPS) is 13.5. The van der Waals surface area contributed by atoms with Crippen molar-refractivity contribution in [2.45, 2.75) is 33.3 Å². The first-order valence-electron chi connectivity index (χ1n) is 9.19. The largest absolute Gasteiger partial charge is 0.462 e. The van der Waals surface area contributed by atoms with E-state index in [4.69, 9.17) is 4.74 Å². The van der Waals surface area contributed by atoms with Gasteiger partial charge in [0, 0.05) is 12.1 Å². The van der Waals surface area contributed by atoms with E-state index in [0.717, 1.165) is 24.2 Å². The Morgan fingerprint density at radius 1 is 1.00 bits per heavy atom. The number of hydrogen-bond donors (Lipinski definition) is 1. The highest BCUT2D eigenvalue weighted by atomic mass is 16.5. The third kappa shape index (κ3) is 4.14. The van der Waals surface area contributed by atoms with Gasteiger partial charge in [0.2, 0.25) is 5.60 Å². The fourth-order valence-electron chi connectivity index (χ4n) is 3.34. The minimum atomic E-state index is -1.82. The second-order valence-corrected chi connectivity index (χ2v) is 6.51. The van der Waals surface area contributed by atoms with Gasteiger partial charge in [0.15, 0.2) is 0 Å². The Hall–Kier alpha value is -2.17. The van der Waals surface area contributed by atoms with Gasteiger partial charge in [0.1, 0.15) is 6.61 Å². The zero-order valence-electron chi connectivity index (χ0n) is 16.2. The number of hydrogen-bond acceptors (Lipinski definition) is 4. The molecule has 0 heterocycles. The number of ether oxygens (including phenoxy) is 1. The number of benzene rings is 2. The summed E-state index contributed by atoms with van der Waals surface area (Å²) in [5.41, 5.74) is 1.01. The topological polar surface area (TPSA) is 49.8 Å². The minimum absolute atomic E-state index is 0.251. The van der Waals surface area contributed by atoms with Gasteiger partial charge in [-0.25, -0.2) is 4.79 Å². The molecule has 0 amide bonds. The van der Waals surface area contributed by atoms with Crippen LogP contribution < -0.4 is 0 Å². The Bertz CT molecular complexity index is 705. The van der Waals surface area contributed by atoms with Crippen molar-refractivity contribution in [3.63, 3.8) is 0 Å². The molecular formula is C22H29NO3. The van der Waals surface area contributed by atoms with E-state index in [0.29, 0.717) is 17.7 Å². The van der Waals surface area contributed by atoms with Gasteiger partial charge in [-0.1, -0.05) is 62.4 Å². The summed E-state index contributed by atoms with van der Waals surface area (Å²) in [7, 11) is 0. The third-order valence-electron chi connectivity index (χ3n) is 4.87. The molecule has 0 spiro atoms. The molecule has 2 aromatic rings. The average Bonchev–Trinajstić information content (AvgIpc) is 2.65. The molecule has 0 saturated heterocycles. The van der Waals surface area contributed by atoms with Crippen LogP contribution in [0.25, 0.3) is 0 Å². The monoisotopic (exact) mass is 355 g/mol. The lowest BCUT2D eigenvalue weighted by Gasteiger charge is -2.30. The molecule has 0 aromatic heterocycles. The van der Waals surface area contributed by atoms with Crippen molar-refractivity contribution in [2.24, 2.45) is 0 Å². The van der Waals surface area contributed by atoms with Crippen LogP contribution in [-0.4, -0.2) is 42.2 Å². The number of aliphatic hydroxyl groups is 1. The first-order chi connectivity index (χ1) is 12.4. The molecule has 0 aliphatic rings. The van der Waals surface area contributed by atoms with Gasteiger partial charge < -0.3 is 14.7 Å². The number of carbonyl (C=O) groups excluding carboxylic acids is 1. The van der Waals surface area contributed by atoms with Crippen molar-refractivity contribution >= 4 is 5.97 Å². The van der Waals surface area contributed by atoms with E-state index >= 15 is 0 Å². The Morgan fingerprint density at radius 2 is 1.58 bits per heavy atom. The summed E-state index contributed by atoms with van der Waals surface area (Å²) in [6, 6.07) is 14.7. The summed E-state index contributed by atoms with van der Waals surface area (Å²) in [5, 5.41) is 11.6. The van der Waals surface area contributed by atoms with Gasteiger partial charge in [-0.2, -0.15) is 0 Å². The van der Waals surface area contributed by atoms with E-state index in [9.17, 15) is 9.90 Å². The molecule has 0 aliphatic carbocycles. The smallest absolute Gasteiger partial charge is 0.347 e. The number of esters is 1. The Balaban J connectivity index is 2.38. The van der Waals surface area contributed by atoms with Crippen LogP contribution >= 0.6 is 0 Å². The fourth-order valence-corrected chi connectivity index (χ4v) is 3.34. The highest BCUT2D eigenvalue weighted by molar-refractivity contribution is 5.86. The molecule has 4 heteroatoms. The summed E-state index contributed by atoms with van der Waals surface area (Å²) >= 11 is 0. The molecular weight excluding hydrogens is 326 g/mol. The summed E-state index contributed by atoms with van der Waals surface area (Å²) in [6.07, 6.45) is 0. The molecule has 0 saturated carbocycles. The van der Waals surface area contributed by atoms with Gasteiger partial charge in [-0.15, -0.1) is 0 Å². The van der Waals surface area contributed by atoms with Crippen LogP contribution in [0, 0.1) is 13.8 Å². The first-order valence-corrected chi connectivity index (χ1v) is 9.19. The predicted molar refractivity (Wildman–Crippen MR) is 104 cm³/mol. The molecule has 4 nitrogen and oxygen atoms in total. The summed E-state index contributed by atoms with van der Waals surface area (Å²) in [4.78, 5) is 15.2. The minimum Gasteiger partial charge on any atom is -0.462 e. The molecule has 2 aromatic carbocycles. The maximum atomic E-state index is 13.0. The molecule has 1 N–H and O–H groups in total. The standard InChI is InChI=1S/C22H29NO3/c1-5-23(6-2)15-16-26-21(24)22(25,19-13-8-7-9-14-19)20-17(3)11-10-12-18(20)4/h7-14,25H,5-6,15-16H2,1-4H3/t22-/m0/s1. The summed E-state index contributed by atoms with van der Waals surface area (Å²) in [5.74, 6) is -0.631. The number of nitrogens with zero attached hydrogens (tertiary/aromatic N) is 1. The van der Waals surface area contributed by atoms with Gasteiger partial charge >= 0.3 is 5.97 Å². The van der Waals surface area contributed by atoms with Crippen LogP contribution in [0.4, 0.5) is 0 Å². The molecule has 0 radical (unpaired) electrons. The molecule has 1 atom stereocenters. The maximum absolute atomic E-state index is 13.0. The van der Waals surface area contributed by atoms with E-state index in [1.165, 1.54) is 0 Å². The molecule has 0 bridgehead atoms. The zero-order valence-corrected chi connectivity index (χ0v) is 16.2. The lowest BCUT2D eigenvalue weighted by Crippen LogP contribution is -2.41. The lowest BCUT2D eigenvalue weighted by atomic mass is 9.81. The molecule has 0 fully saturated rings. The van der Waals surface area contributed by atoms with E-state index < -0.39 is 11.6 Å². The molecule has 26 heavy (non-hydrogen) atoms. The Labute approximate surface area is 156 Å². The molecule has 0 unspecified atom stereocenters. The molecule has 2 rings (SSSR count). The van der Waals surface area contributed by atoms with Crippen molar-refractivity contribution < 1.29 is 14.6 Å². The van der Waals surface area contributed by atoms with Gasteiger partial charge in [0.05, 0.1) is 0 Å². The van der Waals surface area contributed by atoms with E-state index in [1.54, 1.807) is 12.1 Å². The van der Waals surface area contributed by atoms with Crippen molar-refractivity contribution in [3.05, 3.63) is 70.8 Å². The summed E-state index contributed by atoms with van der Waals surface area (Å²) < 4.78 is 5.53. The van der Waals surface area contributed by atoms with E-state index in [2.05, 4.69) is 18.7 Å².